The second-order valence-electron chi connectivity index (χ2n) is 3.78. The Bertz CT molecular complexity index is 638. The van der Waals surface area contributed by atoms with Crippen molar-refractivity contribution in [1.82, 2.24) is 0 Å². The van der Waals surface area contributed by atoms with Gasteiger partial charge < -0.3 is 5.11 Å². The largest absolute Gasteiger partial charge is 0.508 e. The highest BCUT2D eigenvalue weighted by Crippen LogP contribution is 2.12. The Morgan fingerprint density at radius 2 is 1.15 bits per heavy atom. The van der Waals surface area contributed by atoms with Gasteiger partial charge in [-0.3, -0.25) is 9.11 Å². The molecule has 6 heteroatoms. The molecule has 2 aromatic carbocycles. The van der Waals surface area contributed by atoms with Crippen molar-refractivity contribution in [3.63, 3.8) is 0 Å². The van der Waals surface area contributed by atoms with Crippen LogP contribution < -0.4 is 0 Å². The van der Waals surface area contributed by atoms with Gasteiger partial charge in [-0.1, -0.05) is 54.6 Å². The summed E-state index contributed by atoms with van der Waals surface area (Å²) in [6.07, 6.45) is 4.07. The van der Waals surface area contributed by atoms with E-state index in [1.807, 2.05) is 42.5 Å². The molecule has 0 saturated carbocycles. The van der Waals surface area contributed by atoms with Crippen LogP contribution in [0.25, 0.3) is 12.2 Å². The van der Waals surface area contributed by atoms with Gasteiger partial charge >= 0.3 is 10.4 Å². The first-order valence-electron chi connectivity index (χ1n) is 5.56. The molecular weight excluding hydrogens is 280 g/mol. The number of phenolic OH excluding ortho intramolecular Hbond substituents is 1. The van der Waals surface area contributed by atoms with Crippen LogP contribution in [0.2, 0.25) is 0 Å². The molecule has 20 heavy (non-hydrogen) atoms. The van der Waals surface area contributed by atoms with Crippen molar-refractivity contribution in [2.75, 3.05) is 0 Å². The van der Waals surface area contributed by atoms with Crippen LogP contribution in [0.15, 0.2) is 54.6 Å². The van der Waals surface area contributed by atoms with E-state index >= 15 is 0 Å². The Morgan fingerprint density at radius 3 is 1.60 bits per heavy atom. The maximum Gasteiger partial charge on any atom is 0.394 e. The Morgan fingerprint density at radius 1 is 0.750 bits per heavy atom. The molecule has 2 aromatic rings. The lowest BCUT2D eigenvalue weighted by molar-refractivity contribution is 0.381. The minimum atomic E-state index is -4.67. The fraction of sp³-hybridized carbons (Fsp3) is 0. The Hall–Kier alpha value is -2.15. The molecule has 0 heterocycles. The molecule has 0 atom stereocenters. The summed E-state index contributed by atoms with van der Waals surface area (Å²) in [7, 11) is -4.67. The van der Waals surface area contributed by atoms with E-state index in [4.69, 9.17) is 22.6 Å². The van der Waals surface area contributed by atoms with E-state index in [2.05, 4.69) is 12.1 Å². The molecule has 0 aromatic heterocycles. The maximum absolute atomic E-state index is 9.12. The highest BCUT2D eigenvalue weighted by Gasteiger charge is 1.88. The average molecular weight is 294 g/mol. The van der Waals surface area contributed by atoms with Crippen molar-refractivity contribution < 1.29 is 22.6 Å². The first kappa shape index (κ1) is 15.9. The SMILES string of the molecule is O=S(=O)(O)O.Oc1ccc(C=Cc2ccccc2)cc1. The molecule has 2 rings (SSSR count). The van der Waals surface area contributed by atoms with Gasteiger partial charge in [-0.2, -0.15) is 8.42 Å². The van der Waals surface area contributed by atoms with Crippen molar-refractivity contribution >= 4 is 22.6 Å². The lowest BCUT2D eigenvalue weighted by Gasteiger charge is -1.94. The number of benzene rings is 2. The molecule has 0 fully saturated rings. The van der Waals surface area contributed by atoms with Gasteiger partial charge in [-0.25, -0.2) is 0 Å². The van der Waals surface area contributed by atoms with Gasteiger partial charge in [0.05, 0.1) is 0 Å². The van der Waals surface area contributed by atoms with Gasteiger partial charge in [0.15, 0.2) is 0 Å². The topological polar surface area (TPSA) is 94.8 Å². The molecule has 0 unspecified atom stereocenters. The number of phenols is 1. The fourth-order valence-electron chi connectivity index (χ4n) is 1.34. The zero-order chi connectivity index (χ0) is 15.0. The Kier molecular flexibility index (Phi) is 5.92. The van der Waals surface area contributed by atoms with Crippen molar-refractivity contribution in [2.24, 2.45) is 0 Å². The van der Waals surface area contributed by atoms with Crippen molar-refractivity contribution in [3.8, 4) is 5.75 Å². The second-order valence-corrected chi connectivity index (χ2v) is 4.68. The molecule has 3 N–H and O–H groups in total. The van der Waals surface area contributed by atoms with Gasteiger partial charge in [-0.05, 0) is 23.3 Å². The lowest BCUT2D eigenvalue weighted by atomic mass is 10.1. The predicted octanol–water partition coefficient (Wildman–Crippen LogP) is 2.91. The summed E-state index contributed by atoms with van der Waals surface area (Å²) in [5.74, 6) is 0.298. The zero-order valence-corrected chi connectivity index (χ0v) is 11.2. The first-order valence-corrected chi connectivity index (χ1v) is 6.96. The van der Waals surface area contributed by atoms with Crippen molar-refractivity contribution in [3.05, 3.63) is 65.7 Å². The Balaban J connectivity index is 0.000000347. The van der Waals surface area contributed by atoms with Crippen LogP contribution in [0.5, 0.6) is 5.75 Å². The van der Waals surface area contributed by atoms with Crippen LogP contribution in [-0.2, 0) is 10.4 Å². The van der Waals surface area contributed by atoms with Gasteiger partial charge in [0.25, 0.3) is 0 Å². The third-order valence-corrected chi connectivity index (χ3v) is 2.16. The van der Waals surface area contributed by atoms with E-state index < -0.39 is 10.4 Å². The third-order valence-electron chi connectivity index (χ3n) is 2.16. The lowest BCUT2D eigenvalue weighted by Crippen LogP contribution is -1.89. The summed E-state index contributed by atoms with van der Waals surface area (Å²) in [6, 6.07) is 17.3. The summed E-state index contributed by atoms with van der Waals surface area (Å²) in [5.41, 5.74) is 2.25. The monoisotopic (exact) mass is 294 g/mol. The third kappa shape index (κ3) is 8.04. The minimum absolute atomic E-state index is 0.298. The molecule has 0 saturated heterocycles. The van der Waals surface area contributed by atoms with Crippen molar-refractivity contribution in [2.45, 2.75) is 0 Å². The van der Waals surface area contributed by atoms with E-state index in [1.165, 1.54) is 5.56 Å². The van der Waals surface area contributed by atoms with Gasteiger partial charge in [-0.15, -0.1) is 0 Å². The molecule has 0 amide bonds. The van der Waals surface area contributed by atoms with Crippen LogP contribution in [-0.4, -0.2) is 22.6 Å². The smallest absolute Gasteiger partial charge is 0.394 e. The minimum Gasteiger partial charge on any atom is -0.508 e. The molecule has 5 nitrogen and oxygen atoms in total. The normalized spacial score (nSPS) is 10.9. The quantitative estimate of drug-likeness (QED) is 0.584. The van der Waals surface area contributed by atoms with E-state index in [0.717, 1.165) is 5.56 Å². The van der Waals surface area contributed by atoms with E-state index in [1.54, 1.807) is 12.1 Å². The molecule has 106 valence electrons. The fourth-order valence-corrected chi connectivity index (χ4v) is 1.34. The number of hydrogen-bond donors (Lipinski definition) is 3. The number of rotatable bonds is 2. The van der Waals surface area contributed by atoms with E-state index in [9.17, 15) is 0 Å². The zero-order valence-electron chi connectivity index (χ0n) is 10.4. The number of hydrogen-bond acceptors (Lipinski definition) is 3. The van der Waals surface area contributed by atoms with Crippen LogP contribution in [0.3, 0.4) is 0 Å². The number of aromatic hydroxyl groups is 1. The molecule has 0 bridgehead atoms. The van der Waals surface area contributed by atoms with Crippen LogP contribution >= 0.6 is 0 Å². The van der Waals surface area contributed by atoms with Crippen LogP contribution in [0, 0.1) is 0 Å². The second kappa shape index (κ2) is 7.44. The standard InChI is InChI=1S/C14H12O.H2O4S/c15-14-10-8-13(9-11-14)7-6-12-4-2-1-3-5-12;1-5(2,3)4/h1-11,15H;(H2,1,2,3,4). The summed E-state index contributed by atoms with van der Waals surface area (Å²) in [5, 5.41) is 9.12. The summed E-state index contributed by atoms with van der Waals surface area (Å²) < 4.78 is 31.6. The van der Waals surface area contributed by atoms with Gasteiger partial charge in [0.2, 0.25) is 0 Å². The van der Waals surface area contributed by atoms with E-state index in [0.29, 0.717) is 5.75 Å². The summed E-state index contributed by atoms with van der Waals surface area (Å²) >= 11 is 0. The Labute approximate surface area is 117 Å². The van der Waals surface area contributed by atoms with Crippen LogP contribution in [0.4, 0.5) is 0 Å². The molecular formula is C14H14O5S. The molecule has 0 aliphatic carbocycles. The molecule has 0 aliphatic heterocycles. The molecule has 0 aliphatic rings. The van der Waals surface area contributed by atoms with Gasteiger partial charge in [0.1, 0.15) is 5.75 Å². The first-order chi connectivity index (χ1) is 9.34. The molecule has 0 radical (unpaired) electrons. The van der Waals surface area contributed by atoms with E-state index in [-0.39, 0.29) is 0 Å². The van der Waals surface area contributed by atoms with Crippen molar-refractivity contribution in [1.29, 1.82) is 0 Å². The highest BCUT2D eigenvalue weighted by atomic mass is 32.3. The predicted molar refractivity (Wildman–Crippen MR) is 77.7 cm³/mol. The van der Waals surface area contributed by atoms with Gasteiger partial charge in [0, 0.05) is 0 Å². The summed E-state index contributed by atoms with van der Waals surface area (Å²) in [6.45, 7) is 0. The highest BCUT2D eigenvalue weighted by molar-refractivity contribution is 7.79. The van der Waals surface area contributed by atoms with Crippen LogP contribution in [0.1, 0.15) is 11.1 Å². The maximum atomic E-state index is 9.12. The summed E-state index contributed by atoms with van der Waals surface area (Å²) in [4.78, 5) is 0. The average Bonchev–Trinajstić information content (AvgIpc) is 2.37. The molecule has 0 spiro atoms.